The standard InChI is InChI=1S/C14H20O3/c1-8(7-13(15)16)12-6-9(2)14(17-5)11(4)10(12)3/h6,8H,7H2,1-5H3,(H,15,16). The zero-order chi connectivity index (χ0) is 13.2. The van der Waals surface area contributed by atoms with Crippen molar-refractivity contribution in [2.45, 2.75) is 40.0 Å². The van der Waals surface area contributed by atoms with Crippen molar-refractivity contribution in [1.29, 1.82) is 0 Å². The van der Waals surface area contributed by atoms with Gasteiger partial charge in [0.15, 0.2) is 0 Å². The van der Waals surface area contributed by atoms with Gasteiger partial charge in [-0.2, -0.15) is 0 Å². The molecule has 1 aromatic rings. The van der Waals surface area contributed by atoms with E-state index in [4.69, 9.17) is 9.84 Å². The number of rotatable bonds is 4. The summed E-state index contributed by atoms with van der Waals surface area (Å²) in [7, 11) is 1.66. The monoisotopic (exact) mass is 236 g/mol. The summed E-state index contributed by atoms with van der Waals surface area (Å²) in [6.07, 6.45) is 0.159. The van der Waals surface area contributed by atoms with Crippen LogP contribution in [-0.2, 0) is 4.79 Å². The van der Waals surface area contributed by atoms with Crippen molar-refractivity contribution in [3.8, 4) is 5.75 Å². The molecule has 3 nitrogen and oxygen atoms in total. The van der Waals surface area contributed by atoms with Crippen LogP contribution >= 0.6 is 0 Å². The van der Waals surface area contributed by atoms with Crippen LogP contribution < -0.4 is 4.74 Å². The molecule has 3 heteroatoms. The van der Waals surface area contributed by atoms with Crippen LogP contribution in [0.2, 0.25) is 0 Å². The Kier molecular flexibility index (Phi) is 4.16. The zero-order valence-corrected chi connectivity index (χ0v) is 11.1. The van der Waals surface area contributed by atoms with Gasteiger partial charge in [0.05, 0.1) is 13.5 Å². The maximum absolute atomic E-state index is 10.8. The lowest BCUT2D eigenvalue weighted by Crippen LogP contribution is -2.07. The fourth-order valence-corrected chi connectivity index (χ4v) is 2.29. The molecule has 1 rings (SSSR count). The highest BCUT2D eigenvalue weighted by Gasteiger charge is 2.17. The van der Waals surface area contributed by atoms with Gasteiger partial charge in [0.25, 0.3) is 0 Å². The summed E-state index contributed by atoms with van der Waals surface area (Å²) in [5.74, 6) is 0.160. The Hall–Kier alpha value is -1.51. The number of hydrogen-bond donors (Lipinski definition) is 1. The Morgan fingerprint density at radius 1 is 1.35 bits per heavy atom. The van der Waals surface area contributed by atoms with Crippen molar-refractivity contribution >= 4 is 5.97 Å². The fourth-order valence-electron chi connectivity index (χ4n) is 2.29. The van der Waals surface area contributed by atoms with Crippen molar-refractivity contribution in [2.75, 3.05) is 7.11 Å². The van der Waals surface area contributed by atoms with Crippen LogP contribution in [0.15, 0.2) is 6.07 Å². The van der Waals surface area contributed by atoms with E-state index in [1.54, 1.807) is 7.11 Å². The molecule has 0 saturated heterocycles. The molecule has 0 radical (unpaired) electrons. The number of carbonyl (C=O) groups is 1. The van der Waals surface area contributed by atoms with E-state index in [9.17, 15) is 4.79 Å². The molecule has 0 bridgehead atoms. The minimum atomic E-state index is -0.761. The molecule has 0 spiro atoms. The smallest absolute Gasteiger partial charge is 0.303 e. The van der Waals surface area contributed by atoms with Crippen LogP contribution in [0.1, 0.15) is 41.5 Å². The van der Waals surface area contributed by atoms with E-state index < -0.39 is 5.97 Å². The van der Waals surface area contributed by atoms with E-state index in [0.717, 1.165) is 28.0 Å². The maximum Gasteiger partial charge on any atom is 0.303 e. The van der Waals surface area contributed by atoms with Crippen molar-refractivity contribution in [2.24, 2.45) is 0 Å². The second-order valence-corrected chi connectivity index (χ2v) is 4.56. The molecule has 1 atom stereocenters. The molecule has 0 fully saturated rings. The minimum absolute atomic E-state index is 0.0239. The van der Waals surface area contributed by atoms with Gasteiger partial charge >= 0.3 is 5.97 Å². The van der Waals surface area contributed by atoms with E-state index >= 15 is 0 Å². The van der Waals surface area contributed by atoms with E-state index in [0.29, 0.717) is 0 Å². The van der Waals surface area contributed by atoms with Crippen LogP contribution in [0.25, 0.3) is 0 Å². The molecule has 0 aromatic heterocycles. The number of carboxylic acid groups (broad SMARTS) is 1. The number of benzene rings is 1. The van der Waals surface area contributed by atoms with Gasteiger partial charge in [0.1, 0.15) is 5.75 Å². The summed E-state index contributed by atoms with van der Waals surface area (Å²) >= 11 is 0. The average Bonchev–Trinajstić information content (AvgIpc) is 2.23. The number of aliphatic carboxylic acids is 1. The lowest BCUT2D eigenvalue weighted by atomic mass is 9.89. The van der Waals surface area contributed by atoms with Crippen LogP contribution in [0.5, 0.6) is 5.75 Å². The van der Waals surface area contributed by atoms with Gasteiger partial charge in [-0.3, -0.25) is 4.79 Å². The highest BCUT2D eigenvalue weighted by Crippen LogP contribution is 2.33. The van der Waals surface area contributed by atoms with Crippen LogP contribution in [0.4, 0.5) is 0 Å². The van der Waals surface area contributed by atoms with Gasteiger partial charge in [0, 0.05) is 0 Å². The summed E-state index contributed by atoms with van der Waals surface area (Å²) in [5.41, 5.74) is 4.38. The molecule has 0 saturated carbocycles. The third kappa shape index (κ3) is 2.78. The van der Waals surface area contributed by atoms with Gasteiger partial charge in [-0.25, -0.2) is 0 Å². The highest BCUT2D eigenvalue weighted by molar-refractivity contribution is 5.68. The second-order valence-electron chi connectivity index (χ2n) is 4.56. The summed E-state index contributed by atoms with van der Waals surface area (Å²) in [5, 5.41) is 8.85. The SMILES string of the molecule is COc1c(C)cc(C(C)CC(=O)O)c(C)c1C. The molecule has 1 N–H and O–H groups in total. The average molecular weight is 236 g/mol. The number of carboxylic acids is 1. The lowest BCUT2D eigenvalue weighted by Gasteiger charge is -2.19. The molecule has 0 amide bonds. The molecular formula is C14H20O3. The van der Waals surface area contributed by atoms with Crippen molar-refractivity contribution in [3.05, 3.63) is 28.3 Å². The normalized spacial score (nSPS) is 12.3. The Bertz CT molecular complexity index is 436. The number of methoxy groups -OCH3 is 1. The molecule has 94 valence electrons. The summed E-state index contributed by atoms with van der Waals surface area (Å²) in [4.78, 5) is 10.8. The summed E-state index contributed by atoms with van der Waals surface area (Å²) < 4.78 is 5.36. The molecule has 17 heavy (non-hydrogen) atoms. The van der Waals surface area contributed by atoms with E-state index in [1.807, 2.05) is 33.8 Å². The topological polar surface area (TPSA) is 46.5 Å². The first kappa shape index (κ1) is 13.6. The molecule has 1 unspecified atom stereocenters. The Morgan fingerprint density at radius 2 is 1.94 bits per heavy atom. The van der Waals surface area contributed by atoms with E-state index in [-0.39, 0.29) is 12.3 Å². The first-order chi connectivity index (χ1) is 7.88. The first-order valence-electron chi connectivity index (χ1n) is 5.75. The van der Waals surface area contributed by atoms with Crippen molar-refractivity contribution in [1.82, 2.24) is 0 Å². The summed E-state index contributed by atoms with van der Waals surface area (Å²) in [6, 6.07) is 2.04. The van der Waals surface area contributed by atoms with Crippen molar-refractivity contribution < 1.29 is 14.6 Å². The predicted molar refractivity (Wildman–Crippen MR) is 67.9 cm³/mol. The largest absolute Gasteiger partial charge is 0.496 e. The Labute approximate surface area is 102 Å². The fraction of sp³-hybridized carbons (Fsp3) is 0.500. The van der Waals surface area contributed by atoms with Gasteiger partial charge in [-0.15, -0.1) is 0 Å². The Balaban J connectivity index is 3.22. The number of hydrogen-bond acceptors (Lipinski definition) is 2. The molecule has 0 aliphatic rings. The first-order valence-corrected chi connectivity index (χ1v) is 5.75. The van der Waals surface area contributed by atoms with Crippen LogP contribution in [0, 0.1) is 20.8 Å². The zero-order valence-electron chi connectivity index (χ0n) is 11.1. The molecule has 0 aliphatic heterocycles. The second kappa shape index (κ2) is 5.21. The van der Waals surface area contributed by atoms with Crippen LogP contribution in [-0.4, -0.2) is 18.2 Å². The van der Waals surface area contributed by atoms with Crippen LogP contribution in [0.3, 0.4) is 0 Å². The number of aryl methyl sites for hydroxylation is 1. The molecule has 0 aliphatic carbocycles. The lowest BCUT2D eigenvalue weighted by molar-refractivity contribution is -0.137. The van der Waals surface area contributed by atoms with Gasteiger partial charge in [-0.05, 0) is 48.9 Å². The Morgan fingerprint density at radius 3 is 2.41 bits per heavy atom. The van der Waals surface area contributed by atoms with Gasteiger partial charge < -0.3 is 9.84 Å². The van der Waals surface area contributed by atoms with Crippen molar-refractivity contribution in [3.63, 3.8) is 0 Å². The third-order valence-corrected chi connectivity index (χ3v) is 3.28. The minimum Gasteiger partial charge on any atom is -0.496 e. The predicted octanol–water partition coefficient (Wildman–Crippen LogP) is 3.20. The molecule has 0 heterocycles. The third-order valence-electron chi connectivity index (χ3n) is 3.28. The van der Waals surface area contributed by atoms with E-state index in [2.05, 4.69) is 0 Å². The number of ether oxygens (including phenoxy) is 1. The van der Waals surface area contributed by atoms with Gasteiger partial charge in [0.2, 0.25) is 0 Å². The van der Waals surface area contributed by atoms with E-state index in [1.165, 1.54) is 0 Å². The molecule has 1 aromatic carbocycles. The molecular weight excluding hydrogens is 216 g/mol. The maximum atomic E-state index is 10.8. The van der Waals surface area contributed by atoms with Gasteiger partial charge in [-0.1, -0.05) is 13.0 Å². The quantitative estimate of drug-likeness (QED) is 0.873. The summed E-state index contributed by atoms with van der Waals surface area (Å²) in [6.45, 7) is 7.97. The highest BCUT2D eigenvalue weighted by atomic mass is 16.5.